The third-order valence-electron chi connectivity index (χ3n) is 4.85. The number of hydrogen-bond acceptors (Lipinski definition) is 3. The van der Waals surface area contributed by atoms with E-state index in [1.807, 2.05) is 36.4 Å². The second-order valence-corrected chi connectivity index (χ2v) is 6.81. The zero-order valence-corrected chi connectivity index (χ0v) is 15.3. The van der Waals surface area contributed by atoms with Crippen molar-refractivity contribution >= 4 is 5.91 Å². The normalized spacial score (nSPS) is 16.2. The molecule has 1 heterocycles. The summed E-state index contributed by atoms with van der Waals surface area (Å²) >= 11 is 0. The lowest BCUT2D eigenvalue weighted by Gasteiger charge is -2.35. The maximum atomic E-state index is 12.2. The van der Waals surface area contributed by atoms with Crippen LogP contribution in [-0.4, -0.2) is 37.0 Å². The topological polar surface area (TPSA) is 41.6 Å². The summed E-state index contributed by atoms with van der Waals surface area (Å²) in [5.41, 5.74) is 2.34. The van der Waals surface area contributed by atoms with Crippen LogP contribution in [0, 0.1) is 0 Å². The van der Waals surface area contributed by atoms with Crippen molar-refractivity contribution in [3.63, 3.8) is 0 Å². The number of nitrogens with one attached hydrogen (secondary N) is 1. The minimum Gasteiger partial charge on any atom is -0.367 e. The van der Waals surface area contributed by atoms with E-state index in [0.717, 1.165) is 18.7 Å². The molecule has 1 aliphatic heterocycles. The fourth-order valence-electron chi connectivity index (χ4n) is 3.46. The number of piperidine rings is 1. The van der Waals surface area contributed by atoms with Gasteiger partial charge in [-0.1, -0.05) is 67.1 Å². The van der Waals surface area contributed by atoms with Crippen LogP contribution in [0.4, 0.5) is 0 Å². The Morgan fingerprint density at radius 2 is 1.62 bits per heavy atom. The van der Waals surface area contributed by atoms with Crippen molar-refractivity contribution in [2.24, 2.45) is 0 Å². The van der Waals surface area contributed by atoms with E-state index in [-0.39, 0.29) is 18.6 Å². The minimum atomic E-state index is -0.0566. The summed E-state index contributed by atoms with van der Waals surface area (Å²) in [5, 5.41) is 3.06. The molecule has 1 fully saturated rings. The van der Waals surface area contributed by atoms with Crippen LogP contribution in [0.2, 0.25) is 0 Å². The number of hydrogen-bond donors (Lipinski definition) is 1. The number of carbonyl (C=O) groups excluding carboxylic acids is 1. The fraction of sp³-hybridized carbons (Fsp3) is 0.409. The Bertz CT molecular complexity index is 654. The lowest BCUT2D eigenvalue weighted by molar-refractivity contribution is -0.126. The zero-order chi connectivity index (χ0) is 18.0. The summed E-state index contributed by atoms with van der Waals surface area (Å²) in [4.78, 5) is 14.7. The average Bonchev–Trinajstić information content (AvgIpc) is 2.71. The molecule has 1 N–H and O–H groups in total. The van der Waals surface area contributed by atoms with Gasteiger partial charge in [0.15, 0.2) is 0 Å². The van der Waals surface area contributed by atoms with Gasteiger partial charge in [-0.05, 0) is 37.1 Å². The standard InChI is InChI=1S/C22H28N2O2/c25-22(18-26-17-19-10-4-1-5-11-19)23-16-21(20-12-6-2-7-13-20)24-14-8-3-9-15-24/h1-2,4-7,10-13,21H,3,8-9,14-18H2,(H,23,25)/t21-/m0/s1. The van der Waals surface area contributed by atoms with Gasteiger partial charge in [0.1, 0.15) is 6.61 Å². The molecule has 2 aromatic rings. The molecule has 0 aromatic heterocycles. The number of amides is 1. The molecule has 1 atom stereocenters. The number of ether oxygens (including phenoxy) is 1. The van der Waals surface area contributed by atoms with Crippen molar-refractivity contribution in [1.29, 1.82) is 0 Å². The molecule has 0 bridgehead atoms. The smallest absolute Gasteiger partial charge is 0.246 e. The van der Waals surface area contributed by atoms with Crippen molar-refractivity contribution < 1.29 is 9.53 Å². The molecule has 1 saturated heterocycles. The van der Waals surface area contributed by atoms with Gasteiger partial charge in [0.2, 0.25) is 5.91 Å². The molecular weight excluding hydrogens is 324 g/mol. The second-order valence-electron chi connectivity index (χ2n) is 6.81. The molecule has 2 aromatic carbocycles. The van der Waals surface area contributed by atoms with E-state index in [2.05, 4.69) is 34.5 Å². The Kier molecular flexibility index (Phi) is 7.23. The van der Waals surface area contributed by atoms with Crippen LogP contribution in [0.25, 0.3) is 0 Å². The van der Waals surface area contributed by atoms with Gasteiger partial charge in [-0.25, -0.2) is 0 Å². The number of likely N-dealkylation sites (tertiary alicyclic amines) is 1. The van der Waals surface area contributed by atoms with Gasteiger partial charge in [0.25, 0.3) is 0 Å². The zero-order valence-electron chi connectivity index (χ0n) is 15.3. The SMILES string of the molecule is O=C(COCc1ccccc1)NC[C@@H](c1ccccc1)N1CCCCC1. The molecular formula is C22H28N2O2. The van der Waals surface area contributed by atoms with E-state index >= 15 is 0 Å². The molecule has 0 saturated carbocycles. The first kappa shape index (κ1) is 18.6. The fourth-order valence-corrected chi connectivity index (χ4v) is 3.46. The summed E-state index contributed by atoms with van der Waals surface area (Å²) in [6.45, 7) is 3.37. The first-order chi connectivity index (χ1) is 12.8. The van der Waals surface area contributed by atoms with Crippen LogP contribution >= 0.6 is 0 Å². The van der Waals surface area contributed by atoms with E-state index in [4.69, 9.17) is 4.74 Å². The first-order valence-electron chi connectivity index (χ1n) is 9.50. The van der Waals surface area contributed by atoms with Crippen LogP contribution in [-0.2, 0) is 16.1 Å². The Hall–Kier alpha value is -2.17. The molecule has 0 unspecified atom stereocenters. The highest BCUT2D eigenvalue weighted by Gasteiger charge is 2.22. The summed E-state index contributed by atoms with van der Waals surface area (Å²) < 4.78 is 5.54. The third-order valence-corrected chi connectivity index (χ3v) is 4.85. The third kappa shape index (κ3) is 5.68. The molecule has 26 heavy (non-hydrogen) atoms. The van der Waals surface area contributed by atoms with Gasteiger partial charge in [-0.3, -0.25) is 9.69 Å². The van der Waals surface area contributed by atoms with Gasteiger partial charge in [0.05, 0.1) is 12.6 Å². The lowest BCUT2D eigenvalue weighted by atomic mass is 10.0. The Balaban J connectivity index is 1.49. The molecule has 1 aliphatic rings. The highest BCUT2D eigenvalue weighted by molar-refractivity contribution is 5.77. The van der Waals surface area contributed by atoms with Crippen LogP contribution in [0.15, 0.2) is 60.7 Å². The number of nitrogens with zero attached hydrogens (tertiary/aromatic N) is 1. The molecule has 0 radical (unpaired) electrons. The van der Waals surface area contributed by atoms with Gasteiger partial charge in [-0.2, -0.15) is 0 Å². The van der Waals surface area contributed by atoms with Crippen LogP contribution in [0.5, 0.6) is 0 Å². The van der Waals surface area contributed by atoms with Crippen LogP contribution < -0.4 is 5.32 Å². The van der Waals surface area contributed by atoms with Crippen molar-refractivity contribution in [3.05, 3.63) is 71.8 Å². The Morgan fingerprint density at radius 3 is 2.31 bits per heavy atom. The van der Waals surface area contributed by atoms with E-state index in [1.165, 1.54) is 24.8 Å². The predicted octanol–water partition coefficient (Wildman–Crippen LogP) is 3.55. The molecule has 0 spiro atoms. The van der Waals surface area contributed by atoms with Crippen LogP contribution in [0.3, 0.4) is 0 Å². The van der Waals surface area contributed by atoms with E-state index in [0.29, 0.717) is 13.2 Å². The highest BCUT2D eigenvalue weighted by Crippen LogP contribution is 2.23. The summed E-state index contributed by atoms with van der Waals surface area (Å²) in [7, 11) is 0. The molecule has 4 heteroatoms. The quantitative estimate of drug-likeness (QED) is 0.790. The van der Waals surface area contributed by atoms with Gasteiger partial charge < -0.3 is 10.1 Å². The molecule has 4 nitrogen and oxygen atoms in total. The maximum absolute atomic E-state index is 12.2. The maximum Gasteiger partial charge on any atom is 0.246 e. The Labute approximate surface area is 156 Å². The number of benzene rings is 2. The van der Waals surface area contributed by atoms with Gasteiger partial charge >= 0.3 is 0 Å². The Morgan fingerprint density at radius 1 is 0.962 bits per heavy atom. The largest absolute Gasteiger partial charge is 0.367 e. The van der Waals surface area contributed by atoms with E-state index < -0.39 is 0 Å². The average molecular weight is 352 g/mol. The van der Waals surface area contributed by atoms with Crippen molar-refractivity contribution in [1.82, 2.24) is 10.2 Å². The summed E-state index contributed by atoms with van der Waals surface area (Å²) in [6, 6.07) is 20.6. The summed E-state index contributed by atoms with van der Waals surface area (Å²) in [5.74, 6) is -0.0566. The molecule has 0 aliphatic carbocycles. The molecule has 3 rings (SSSR count). The predicted molar refractivity (Wildman–Crippen MR) is 104 cm³/mol. The minimum absolute atomic E-state index is 0.0566. The van der Waals surface area contributed by atoms with Crippen molar-refractivity contribution in [3.8, 4) is 0 Å². The van der Waals surface area contributed by atoms with Crippen molar-refractivity contribution in [2.75, 3.05) is 26.2 Å². The molecule has 138 valence electrons. The van der Waals surface area contributed by atoms with Gasteiger partial charge in [-0.15, -0.1) is 0 Å². The lowest BCUT2D eigenvalue weighted by Crippen LogP contribution is -2.41. The first-order valence-corrected chi connectivity index (χ1v) is 9.50. The summed E-state index contributed by atoms with van der Waals surface area (Å²) in [6.07, 6.45) is 3.77. The van der Waals surface area contributed by atoms with Crippen molar-refractivity contribution in [2.45, 2.75) is 31.9 Å². The van der Waals surface area contributed by atoms with E-state index in [1.54, 1.807) is 0 Å². The number of rotatable bonds is 8. The highest BCUT2D eigenvalue weighted by atomic mass is 16.5. The number of carbonyl (C=O) groups is 1. The van der Waals surface area contributed by atoms with E-state index in [9.17, 15) is 4.79 Å². The monoisotopic (exact) mass is 352 g/mol. The van der Waals surface area contributed by atoms with Crippen LogP contribution in [0.1, 0.15) is 36.4 Å². The molecule has 1 amide bonds. The van der Waals surface area contributed by atoms with Gasteiger partial charge in [0, 0.05) is 6.54 Å². The second kappa shape index (κ2) is 10.1.